The van der Waals surface area contributed by atoms with E-state index in [-0.39, 0.29) is 0 Å². The summed E-state index contributed by atoms with van der Waals surface area (Å²) in [6, 6.07) is 12.3. The van der Waals surface area contributed by atoms with Crippen LogP contribution in [-0.2, 0) is 17.8 Å². The van der Waals surface area contributed by atoms with Crippen molar-refractivity contribution in [3.05, 3.63) is 58.7 Å². The molecule has 24 heavy (non-hydrogen) atoms. The standard InChI is InChI=1S/C20H25NO2S/c1-5-16-11-15(4)19(12-14(16)3)23-13-17-9-7-8-10-18(17)21-20(24)22-6-2/h7-12H,5-6,13H2,1-4H3,(H,21,24). The van der Waals surface area contributed by atoms with E-state index >= 15 is 0 Å². The summed E-state index contributed by atoms with van der Waals surface area (Å²) in [7, 11) is 0. The largest absolute Gasteiger partial charge is 0.489 e. The molecule has 3 nitrogen and oxygen atoms in total. The van der Waals surface area contributed by atoms with Crippen molar-refractivity contribution < 1.29 is 9.47 Å². The van der Waals surface area contributed by atoms with E-state index in [4.69, 9.17) is 21.7 Å². The van der Waals surface area contributed by atoms with Crippen molar-refractivity contribution in [3.8, 4) is 5.75 Å². The lowest BCUT2D eigenvalue weighted by Crippen LogP contribution is -2.14. The van der Waals surface area contributed by atoms with Gasteiger partial charge in [0.15, 0.2) is 0 Å². The van der Waals surface area contributed by atoms with Crippen LogP contribution in [0.5, 0.6) is 5.75 Å². The van der Waals surface area contributed by atoms with Gasteiger partial charge < -0.3 is 14.8 Å². The summed E-state index contributed by atoms with van der Waals surface area (Å²) in [5.41, 5.74) is 5.74. The fourth-order valence-electron chi connectivity index (χ4n) is 2.59. The number of aryl methyl sites for hydroxylation is 3. The third-order valence-electron chi connectivity index (χ3n) is 3.93. The maximum atomic E-state index is 6.06. The third-order valence-corrected chi connectivity index (χ3v) is 4.15. The maximum Gasteiger partial charge on any atom is 0.261 e. The zero-order valence-corrected chi connectivity index (χ0v) is 15.6. The lowest BCUT2D eigenvalue weighted by molar-refractivity contribution is 0.304. The van der Waals surface area contributed by atoms with Crippen LogP contribution in [0, 0.1) is 13.8 Å². The Morgan fingerprint density at radius 2 is 1.79 bits per heavy atom. The summed E-state index contributed by atoms with van der Waals surface area (Å²) in [6.45, 7) is 9.32. The number of benzene rings is 2. The van der Waals surface area contributed by atoms with Crippen LogP contribution in [0.15, 0.2) is 36.4 Å². The molecule has 0 spiro atoms. The number of rotatable bonds is 6. The molecule has 0 fully saturated rings. The molecule has 0 saturated heterocycles. The highest BCUT2D eigenvalue weighted by atomic mass is 32.1. The van der Waals surface area contributed by atoms with Gasteiger partial charge in [-0.15, -0.1) is 0 Å². The second-order valence-electron chi connectivity index (χ2n) is 5.69. The molecule has 1 N–H and O–H groups in total. The lowest BCUT2D eigenvalue weighted by atomic mass is 10.0. The lowest BCUT2D eigenvalue weighted by Gasteiger charge is -2.16. The molecular formula is C20H25NO2S. The predicted octanol–water partition coefficient (Wildman–Crippen LogP) is 5.18. The number of ether oxygens (including phenoxy) is 2. The van der Waals surface area contributed by atoms with Crippen molar-refractivity contribution in [1.29, 1.82) is 0 Å². The summed E-state index contributed by atoms with van der Waals surface area (Å²) in [6.07, 6.45) is 1.04. The van der Waals surface area contributed by atoms with E-state index in [1.807, 2.05) is 31.2 Å². The molecule has 0 aliphatic heterocycles. The van der Waals surface area contributed by atoms with Gasteiger partial charge in [0.25, 0.3) is 5.17 Å². The molecule has 2 aromatic carbocycles. The third kappa shape index (κ3) is 4.71. The monoisotopic (exact) mass is 343 g/mol. The van der Waals surface area contributed by atoms with Crippen LogP contribution < -0.4 is 10.1 Å². The molecule has 4 heteroatoms. The SMILES string of the molecule is CCOC(=S)Nc1ccccc1COc1cc(C)c(CC)cc1C. The Kier molecular flexibility index (Phi) is 6.62. The first kappa shape index (κ1) is 18.3. The fourth-order valence-corrected chi connectivity index (χ4v) is 2.81. The van der Waals surface area contributed by atoms with Gasteiger partial charge in [-0.05, 0) is 68.2 Å². The van der Waals surface area contributed by atoms with Crippen LogP contribution in [0.3, 0.4) is 0 Å². The van der Waals surface area contributed by atoms with Crippen LogP contribution >= 0.6 is 12.2 Å². The number of hydrogen-bond acceptors (Lipinski definition) is 3. The maximum absolute atomic E-state index is 6.06. The Bertz CT molecular complexity index is 713. The molecule has 0 atom stereocenters. The van der Waals surface area contributed by atoms with Gasteiger partial charge >= 0.3 is 0 Å². The topological polar surface area (TPSA) is 30.5 Å². The summed E-state index contributed by atoms with van der Waals surface area (Å²) in [5, 5.41) is 3.50. The van der Waals surface area contributed by atoms with E-state index in [1.165, 1.54) is 11.1 Å². The van der Waals surface area contributed by atoms with Crippen LogP contribution in [0.2, 0.25) is 0 Å². The first-order valence-electron chi connectivity index (χ1n) is 8.29. The molecule has 0 radical (unpaired) electrons. The van der Waals surface area contributed by atoms with E-state index in [0.717, 1.165) is 29.0 Å². The Hall–Kier alpha value is -2.07. The molecule has 0 unspecified atom stereocenters. The summed E-state index contributed by atoms with van der Waals surface area (Å²) >= 11 is 5.16. The van der Waals surface area contributed by atoms with Crippen LogP contribution in [0.25, 0.3) is 0 Å². The van der Waals surface area contributed by atoms with Gasteiger partial charge in [0.2, 0.25) is 0 Å². The number of para-hydroxylation sites is 1. The first-order valence-corrected chi connectivity index (χ1v) is 8.70. The molecule has 128 valence electrons. The number of nitrogens with one attached hydrogen (secondary N) is 1. The van der Waals surface area contributed by atoms with E-state index in [2.05, 4.69) is 38.2 Å². The van der Waals surface area contributed by atoms with Crippen LogP contribution in [-0.4, -0.2) is 11.8 Å². The minimum absolute atomic E-state index is 0.379. The highest BCUT2D eigenvalue weighted by Gasteiger charge is 2.08. The van der Waals surface area contributed by atoms with Crippen LogP contribution in [0.1, 0.15) is 36.1 Å². The number of anilines is 1. The number of thiocarbonyl (C=S) groups is 1. The fraction of sp³-hybridized carbons (Fsp3) is 0.350. The zero-order chi connectivity index (χ0) is 17.5. The number of hydrogen-bond donors (Lipinski definition) is 1. The summed E-state index contributed by atoms with van der Waals surface area (Å²) in [4.78, 5) is 0. The van der Waals surface area contributed by atoms with Crippen molar-refractivity contribution in [3.63, 3.8) is 0 Å². The van der Waals surface area contributed by atoms with E-state index < -0.39 is 0 Å². The molecule has 0 aliphatic carbocycles. The minimum atomic E-state index is 0.379. The average Bonchev–Trinajstić information content (AvgIpc) is 2.56. The summed E-state index contributed by atoms with van der Waals surface area (Å²) < 4.78 is 11.4. The Morgan fingerprint density at radius 1 is 1.04 bits per heavy atom. The highest BCUT2D eigenvalue weighted by Crippen LogP contribution is 2.25. The molecule has 0 saturated carbocycles. The normalized spacial score (nSPS) is 10.3. The van der Waals surface area contributed by atoms with Crippen molar-refractivity contribution in [2.24, 2.45) is 0 Å². The van der Waals surface area contributed by atoms with Gasteiger partial charge in [-0.1, -0.05) is 31.2 Å². The van der Waals surface area contributed by atoms with Gasteiger partial charge in [-0.25, -0.2) is 0 Å². The predicted molar refractivity (Wildman–Crippen MR) is 104 cm³/mol. The second kappa shape index (κ2) is 8.69. The smallest absolute Gasteiger partial charge is 0.261 e. The van der Waals surface area contributed by atoms with E-state index in [9.17, 15) is 0 Å². The van der Waals surface area contributed by atoms with Crippen molar-refractivity contribution in [2.75, 3.05) is 11.9 Å². The Balaban J connectivity index is 2.12. The van der Waals surface area contributed by atoms with E-state index in [0.29, 0.717) is 18.4 Å². The van der Waals surface area contributed by atoms with Gasteiger partial charge in [0.1, 0.15) is 12.4 Å². The molecule has 0 aliphatic rings. The van der Waals surface area contributed by atoms with Crippen molar-refractivity contribution in [2.45, 2.75) is 40.7 Å². The molecule has 0 heterocycles. The molecule has 2 rings (SSSR count). The van der Waals surface area contributed by atoms with Crippen LogP contribution in [0.4, 0.5) is 5.69 Å². The minimum Gasteiger partial charge on any atom is -0.489 e. The van der Waals surface area contributed by atoms with Gasteiger partial charge in [-0.3, -0.25) is 0 Å². The van der Waals surface area contributed by atoms with Crippen molar-refractivity contribution >= 4 is 23.1 Å². The highest BCUT2D eigenvalue weighted by molar-refractivity contribution is 7.80. The zero-order valence-electron chi connectivity index (χ0n) is 14.8. The molecule has 0 amide bonds. The Labute approximate surface area is 150 Å². The second-order valence-corrected chi connectivity index (χ2v) is 6.06. The first-order chi connectivity index (χ1) is 11.5. The van der Waals surface area contributed by atoms with Gasteiger partial charge in [0, 0.05) is 11.3 Å². The molecule has 2 aromatic rings. The summed E-state index contributed by atoms with van der Waals surface area (Å²) in [5.74, 6) is 0.923. The molecule has 0 bridgehead atoms. The van der Waals surface area contributed by atoms with E-state index in [1.54, 1.807) is 0 Å². The van der Waals surface area contributed by atoms with Gasteiger partial charge in [-0.2, -0.15) is 0 Å². The Morgan fingerprint density at radius 3 is 2.50 bits per heavy atom. The molecule has 0 aromatic heterocycles. The average molecular weight is 343 g/mol. The quantitative estimate of drug-likeness (QED) is 0.732. The van der Waals surface area contributed by atoms with Crippen molar-refractivity contribution in [1.82, 2.24) is 0 Å². The molecular weight excluding hydrogens is 318 g/mol. The van der Waals surface area contributed by atoms with Gasteiger partial charge in [0.05, 0.1) is 6.61 Å².